The van der Waals surface area contributed by atoms with Crippen LogP contribution in [0.1, 0.15) is 6.92 Å². The van der Waals surface area contributed by atoms with Crippen LogP contribution in [0.2, 0.25) is 5.02 Å². The summed E-state index contributed by atoms with van der Waals surface area (Å²) in [6.07, 6.45) is 0. The third kappa shape index (κ3) is 5.35. The lowest BCUT2D eigenvalue weighted by Crippen LogP contribution is -2.20. The van der Waals surface area contributed by atoms with E-state index < -0.39 is 0 Å². The van der Waals surface area contributed by atoms with E-state index in [0.29, 0.717) is 30.6 Å². The zero-order valence-electron chi connectivity index (χ0n) is 9.54. The number of hydrogen-bond donors (Lipinski definition) is 1. The molecule has 3 nitrogen and oxygen atoms in total. The summed E-state index contributed by atoms with van der Waals surface area (Å²) in [7, 11) is 0. The molecule has 1 aromatic carbocycles. The number of halogens is 1. The van der Waals surface area contributed by atoms with Crippen molar-refractivity contribution in [3.8, 4) is 5.75 Å². The molecule has 1 aromatic rings. The molecule has 0 radical (unpaired) electrons. The molecule has 0 aliphatic rings. The van der Waals surface area contributed by atoms with Crippen LogP contribution in [-0.2, 0) is 4.74 Å². The highest BCUT2D eigenvalue weighted by Gasteiger charge is 1.98. The molecule has 0 aromatic heterocycles. The second kappa shape index (κ2) is 8.39. The van der Waals surface area contributed by atoms with Crippen LogP contribution in [0.25, 0.3) is 0 Å². The van der Waals surface area contributed by atoms with E-state index in [0.717, 1.165) is 13.1 Å². The van der Waals surface area contributed by atoms with Crippen molar-refractivity contribution < 1.29 is 9.47 Å². The molecule has 0 aliphatic heterocycles. The van der Waals surface area contributed by atoms with Crippen molar-refractivity contribution >= 4 is 11.6 Å². The normalized spacial score (nSPS) is 10.4. The lowest BCUT2D eigenvalue weighted by molar-refractivity contribution is 0.102. The molecule has 1 rings (SSSR count). The molecule has 16 heavy (non-hydrogen) atoms. The van der Waals surface area contributed by atoms with Crippen LogP contribution in [0.15, 0.2) is 24.3 Å². The summed E-state index contributed by atoms with van der Waals surface area (Å²) in [5, 5.41) is 3.81. The Morgan fingerprint density at radius 3 is 2.75 bits per heavy atom. The Balaban J connectivity index is 2.05. The Bertz CT molecular complexity index is 294. The average molecular weight is 244 g/mol. The first-order chi connectivity index (χ1) is 7.84. The van der Waals surface area contributed by atoms with E-state index in [-0.39, 0.29) is 0 Å². The third-order valence-electron chi connectivity index (χ3n) is 2.00. The van der Waals surface area contributed by atoms with Crippen molar-refractivity contribution in [2.24, 2.45) is 0 Å². The second-order valence-electron chi connectivity index (χ2n) is 3.24. The number of para-hydroxylation sites is 1. The Kier molecular flexibility index (Phi) is 6.97. The van der Waals surface area contributed by atoms with Gasteiger partial charge in [-0.05, 0) is 18.7 Å². The van der Waals surface area contributed by atoms with E-state index in [1.54, 1.807) is 0 Å². The number of benzene rings is 1. The monoisotopic (exact) mass is 243 g/mol. The van der Waals surface area contributed by atoms with Crippen LogP contribution in [0.3, 0.4) is 0 Å². The molecule has 0 bridgehead atoms. The molecule has 4 heteroatoms. The van der Waals surface area contributed by atoms with Crippen molar-refractivity contribution in [3.05, 3.63) is 29.3 Å². The Labute approximate surface area is 102 Å². The van der Waals surface area contributed by atoms with E-state index in [1.165, 1.54) is 0 Å². The first kappa shape index (κ1) is 13.3. The summed E-state index contributed by atoms with van der Waals surface area (Å²) in [4.78, 5) is 0. The van der Waals surface area contributed by atoms with E-state index >= 15 is 0 Å². The molecule has 1 N–H and O–H groups in total. The van der Waals surface area contributed by atoms with Gasteiger partial charge in [0.25, 0.3) is 0 Å². The predicted octanol–water partition coefficient (Wildman–Crippen LogP) is 2.34. The minimum atomic E-state index is 0.524. The predicted molar refractivity (Wildman–Crippen MR) is 66.3 cm³/mol. The number of ether oxygens (including phenoxy) is 2. The molecule has 0 heterocycles. The van der Waals surface area contributed by atoms with Gasteiger partial charge >= 0.3 is 0 Å². The highest BCUT2D eigenvalue weighted by molar-refractivity contribution is 6.32. The molecule has 0 saturated carbocycles. The summed E-state index contributed by atoms with van der Waals surface area (Å²) in [6.45, 7) is 5.73. The fourth-order valence-electron chi connectivity index (χ4n) is 1.20. The first-order valence-electron chi connectivity index (χ1n) is 5.50. The molecular formula is C12H18ClNO2. The quantitative estimate of drug-likeness (QED) is 0.711. The largest absolute Gasteiger partial charge is 0.490 e. The molecule has 0 aliphatic carbocycles. The molecule has 0 amide bonds. The Morgan fingerprint density at radius 1 is 1.19 bits per heavy atom. The van der Waals surface area contributed by atoms with Gasteiger partial charge in [0.05, 0.1) is 18.2 Å². The van der Waals surface area contributed by atoms with Gasteiger partial charge < -0.3 is 14.8 Å². The summed E-state index contributed by atoms with van der Waals surface area (Å²) in [5.41, 5.74) is 0. The van der Waals surface area contributed by atoms with Gasteiger partial charge in [-0.1, -0.05) is 30.7 Å². The maximum absolute atomic E-state index is 5.93. The van der Waals surface area contributed by atoms with Gasteiger partial charge in [0.2, 0.25) is 0 Å². The standard InChI is InChI=1S/C12H18ClNO2/c1-2-14-7-8-15-9-10-16-12-6-4-3-5-11(12)13/h3-6,14H,2,7-10H2,1H3. The van der Waals surface area contributed by atoms with Crippen LogP contribution in [0.5, 0.6) is 5.75 Å². The maximum Gasteiger partial charge on any atom is 0.138 e. The highest BCUT2D eigenvalue weighted by Crippen LogP contribution is 2.22. The number of nitrogens with one attached hydrogen (secondary N) is 1. The maximum atomic E-state index is 5.93. The van der Waals surface area contributed by atoms with Crippen molar-refractivity contribution in [1.82, 2.24) is 5.32 Å². The molecule has 0 saturated heterocycles. The van der Waals surface area contributed by atoms with Gasteiger partial charge in [-0.15, -0.1) is 0 Å². The molecule has 0 unspecified atom stereocenters. The van der Waals surface area contributed by atoms with Crippen molar-refractivity contribution in [3.63, 3.8) is 0 Å². The lowest BCUT2D eigenvalue weighted by Gasteiger charge is -2.08. The van der Waals surface area contributed by atoms with Crippen LogP contribution in [0.4, 0.5) is 0 Å². The van der Waals surface area contributed by atoms with Gasteiger partial charge in [0, 0.05) is 6.54 Å². The number of rotatable bonds is 8. The summed E-state index contributed by atoms with van der Waals surface area (Å²) in [6, 6.07) is 7.43. The fraction of sp³-hybridized carbons (Fsp3) is 0.500. The minimum Gasteiger partial charge on any atom is -0.490 e. The zero-order valence-corrected chi connectivity index (χ0v) is 10.3. The van der Waals surface area contributed by atoms with E-state index in [2.05, 4.69) is 12.2 Å². The van der Waals surface area contributed by atoms with Crippen molar-refractivity contribution in [2.75, 3.05) is 32.9 Å². The zero-order chi connectivity index (χ0) is 11.6. The van der Waals surface area contributed by atoms with Crippen molar-refractivity contribution in [2.45, 2.75) is 6.92 Å². The van der Waals surface area contributed by atoms with Crippen LogP contribution >= 0.6 is 11.6 Å². The van der Waals surface area contributed by atoms with Gasteiger partial charge in [-0.25, -0.2) is 0 Å². The topological polar surface area (TPSA) is 30.5 Å². The lowest BCUT2D eigenvalue weighted by atomic mass is 10.3. The first-order valence-corrected chi connectivity index (χ1v) is 5.88. The van der Waals surface area contributed by atoms with Gasteiger partial charge in [-0.2, -0.15) is 0 Å². The van der Waals surface area contributed by atoms with E-state index in [4.69, 9.17) is 21.1 Å². The average Bonchev–Trinajstić information content (AvgIpc) is 2.30. The molecular weight excluding hydrogens is 226 g/mol. The molecule has 0 fully saturated rings. The second-order valence-corrected chi connectivity index (χ2v) is 3.65. The fourth-order valence-corrected chi connectivity index (χ4v) is 1.39. The number of likely N-dealkylation sites (N-methyl/N-ethyl adjacent to an activating group) is 1. The van der Waals surface area contributed by atoms with Gasteiger partial charge in [0.1, 0.15) is 12.4 Å². The molecule has 90 valence electrons. The van der Waals surface area contributed by atoms with Crippen molar-refractivity contribution in [1.29, 1.82) is 0 Å². The minimum absolute atomic E-state index is 0.524. The Morgan fingerprint density at radius 2 is 2.00 bits per heavy atom. The number of hydrogen-bond acceptors (Lipinski definition) is 3. The third-order valence-corrected chi connectivity index (χ3v) is 2.31. The van der Waals surface area contributed by atoms with Crippen LogP contribution in [-0.4, -0.2) is 32.9 Å². The smallest absolute Gasteiger partial charge is 0.138 e. The highest BCUT2D eigenvalue weighted by atomic mass is 35.5. The summed E-state index contributed by atoms with van der Waals surface area (Å²) in [5.74, 6) is 0.708. The van der Waals surface area contributed by atoms with Crippen LogP contribution in [0, 0.1) is 0 Å². The van der Waals surface area contributed by atoms with Crippen LogP contribution < -0.4 is 10.1 Å². The van der Waals surface area contributed by atoms with E-state index in [1.807, 2.05) is 24.3 Å². The molecule has 0 spiro atoms. The molecule has 0 atom stereocenters. The Hall–Kier alpha value is -0.770. The SMILES string of the molecule is CCNCCOCCOc1ccccc1Cl. The van der Waals surface area contributed by atoms with Gasteiger partial charge in [0.15, 0.2) is 0 Å². The summed E-state index contributed by atoms with van der Waals surface area (Å²) >= 11 is 5.93. The summed E-state index contributed by atoms with van der Waals surface area (Å²) < 4.78 is 10.8. The van der Waals surface area contributed by atoms with Gasteiger partial charge in [-0.3, -0.25) is 0 Å². The van der Waals surface area contributed by atoms with E-state index in [9.17, 15) is 0 Å².